The number of hydrogen-bond acceptors (Lipinski definition) is 5. The molecule has 0 unspecified atom stereocenters. The van der Waals surface area contributed by atoms with E-state index in [0.29, 0.717) is 32.5 Å². The highest BCUT2D eigenvalue weighted by Crippen LogP contribution is 2.30. The number of carbonyl (C=O) groups is 2. The lowest BCUT2D eigenvalue weighted by Crippen LogP contribution is -2.44. The van der Waals surface area contributed by atoms with Gasteiger partial charge in [0.2, 0.25) is 0 Å². The second-order valence-electron chi connectivity index (χ2n) is 14.0. The van der Waals surface area contributed by atoms with Crippen molar-refractivity contribution in [1.82, 2.24) is 16.0 Å². The first kappa shape index (κ1) is 32.7. The monoisotopic (exact) mass is 519 g/mol. The van der Waals surface area contributed by atoms with Crippen LogP contribution in [0.1, 0.15) is 113 Å². The van der Waals surface area contributed by atoms with Gasteiger partial charge in [-0.1, -0.05) is 59.7 Å². The molecule has 0 spiro atoms. The minimum atomic E-state index is -0.572. The lowest BCUT2D eigenvalue weighted by molar-refractivity contribution is 0.0488. The first-order valence-corrected chi connectivity index (χ1v) is 13.5. The Morgan fingerprint density at radius 3 is 1.70 bits per heavy atom. The van der Waals surface area contributed by atoms with Gasteiger partial charge in [0.1, 0.15) is 11.2 Å². The minimum Gasteiger partial charge on any atom is -0.444 e. The normalized spacial score (nSPS) is 13.6. The maximum absolute atomic E-state index is 12.5. The molecule has 0 radical (unpaired) electrons. The summed E-state index contributed by atoms with van der Waals surface area (Å²) in [7, 11) is 0. The van der Waals surface area contributed by atoms with Crippen molar-refractivity contribution < 1.29 is 19.1 Å². The fraction of sp³-hybridized carbons (Fsp3) is 0.733. The summed E-state index contributed by atoms with van der Waals surface area (Å²) in [5.41, 5.74) is 2.85. The van der Waals surface area contributed by atoms with Crippen LogP contribution in [-0.2, 0) is 26.8 Å². The van der Waals surface area contributed by atoms with Crippen LogP contribution in [0.4, 0.5) is 9.59 Å². The summed E-state index contributed by atoms with van der Waals surface area (Å²) in [5.74, 6) is 0. The van der Waals surface area contributed by atoms with E-state index in [1.54, 1.807) is 0 Å². The van der Waals surface area contributed by atoms with Crippen LogP contribution in [0.2, 0.25) is 0 Å². The van der Waals surface area contributed by atoms with Crippen molar-refractivity contribution in [3.8, 4) is 0 Å². The number of benzene rings is 1. The molecule has 3 N–H and O–H groups in total. The summed E-state index contributed by atoms with van der Waals surface area (Å²) in [6, 6.07) is 6.70. The first-order valence-electron chi connectivity index (χ1n) is 13.5. The van der Waals surface area contributed by atoms with Crippen LogP contribution >= 0.6 is 0 Å². The summed E-state index contributed by atoms with van der Waals surface area (Å²) < 4.78 is 10.8. The molecule has 1 atom stereocenters. The summed E-state index contributed by atoms with van der Waals surface area (Å²) in [4.78, 5) is 24.4. The molecular formula is C30H53N3O4. The molecule has 212 valence electrons. The highest BCUT2D eigenvalue weighted by molar-refractivity contribution is 5.68. The second-order valence-corrected chi connectivity index (χ2v) is 14.0. The van der Waals surface area contributed by atoms with Crippen LogP contribution in [0.5, 0.6) is 0 Å². The molecule has 0 heterocycles. The highest BCUT2D eigenvalue weighted by Gasteiger charge is 2.22. The van der Waals surface area contributed by atoms with Crippen molar-refractivity contribution in [3.05, 3.63) is 34.9 Å². The summed E-state index contributed by atoms with van der Waals surface area (Å²) in [6.45, 7) is 26.2. The van der Waals surface area contributed by atoms with Crippen LogP contribution in [-0.4, -0.2) is 42.5 Å². The summed E-state index contributed by atoms with van der Waals surface area (Å²) >= 11 is 0. The first-order chi connectivity index (χ1) is 16.7. The zero-order valence-electron chi connectivity index (χ0n) is 25.5. The van der Waals surface area contributed by atoms with E-state index in [1.807, 2.05) is 41.5 Å². The van der Waals surface area contributed by atoms with E-state index in [2.05, 4.69) is 75.7 Å². The predicted molar refractivity (Wildman–Crippen MR) is 152 cm³/mol. The number of amides is 2. The Morgan fingerprint density at radius 1 is 0.757 bits per heavy atom. The molecule has 0 aliphatic carbocycles. The Hall–Kier alpha value is -2.28. The van der Waals surface area contributed by atoms with Crippen LogP contribution < -0.4 is 16.0 Å². The fourth-order valence-electron chi connectivity index (χ4n) is 3.60. The van der Waals surface area contributed by atoms with Gasteiger partial charge in [0.05, 0.1) is 0 Å². The van der Waals surface area contributed by atoms with Gasteiger partial charge in [-0.05, 0) is 81.9 Å². The van der Waals surface area contributed by atoms with Gasteiger partial charge in [-0.15, -0.1) is 0 Å². The third-order valence-electron chi connectivity index (χ3n) is 5.56. The molecule has 1 rings (SSSR count). The molecule has 0 aromatic heterocycles. The Balaban J connectivity index is 2.84. The molecule has 7 nitrogen and oxygen atoms in total. The molecule has 37 heavy (non-hydrogen) atoms. The Bertz CT molecular complexity index is 852. The Labute approximate surface area is 225 Å². The smallest absolute Gasteiger partial charge is 0.407 e. The Morgan fingerprint density at radius 2 is 1.24 bits per heavy atom. The van der Waals surface area contributed by atoms with Crippen molar-refractivity contribution in [2.24, 2.45) is 0 Å². The number of nitrogens with one attached hydrogen (secondary N) is 3. The van der Waals surface area contributed by atoms with Gasteiger partial charge < -0.3 is 25.4 Å². The van der Waals surface area contributed by atoms with E-state index in [4.69, 9.17) is 9.47 Å². The summed E-state index contributed by atoms with van der Waals surface area (Å²) in [6.07, 6.45) is 0.492. The van der Waals surface area contributed by atoms with Crippen molar-refractivity contribution in [1.29, 1.82) is 0 Å². The quantitative estimate of drug-likeness (QED) is 0.321. The van der Waals surface area contributed by atoms with Crippen LogP contribution in [0.25, 0.3) is 0 Å². The third kappa shape index (κ3) is 14.3. The third-order valence-corrected chi connectivity index (χ3v) is 5.56. The summed E-state index contributed by atoms with van der Waals surface area (Å²) in [5, 5.41) is 9.30. The lowest BCUT2D eigenvalue weighted by atomic mass is 9.79. The van der Waals surface area contributed by atoms with E-state index < -0.39 is 23.4 Å². The van der Waals surface area contributed by atoms with Crippen molar-refractivity contribution in [2.45, 2.75) is 131 Å². The maximum Gasteiger partial charge on any atom is 0.407 e. The fourth-order valence-corrected chi connectivity index (χ4v) is 3.60. The minimum absolute atomic E-state index is 0.0535. The van der Waals surface area contributed by atoms with E-state index in [1.165, 1.54) is 16.7 Å². The van der Waals surface area contributed by atoms with E-state index in [-0.39, 0.29) is 16.9 Å². The van der Waals surface area contributed by atoms with Gasteiger partial charge >= 0.3 is 12.2 Å². The van der Waals surface area contributed by atoms with Crippen LogP contribution in [0, 0.1) is 0 Å². The average Bonchev–Trinajstić information content (AvgIpc) is 2.66. The average molecular weight is 520 g/mol. The molecule has 0 saturated heterocycles. The van der Waals surface area contributed by atoms with Gasteiger partial charge in [0.15, 0.2) is 0 Å². The molecule has 0 aliphatic rings. The molecular weight excluding hydrogens is 466 g/mol. The van der Waals surface area contributed by atoms with Crippen molar-refractivity contribution in [2.75, 3.05) is 13.1 Å². The van der Waals surface area contributed by atoms with Gasteiger partial charge in [-0.2, -0.15) is 0 Å². The van der Waals surface area contributed by atoms with E-state index in [0.717, 1.165) is 0 Å². The predicted octanol–water partition coefficient (Wildman–Crippen LogP) is 6.57. The maximum atomic E-state index is 12.5. The molecule has 1 aromatic rings. The number of rotatable bonds is 9. The molecule has 1 aromatic carbocycles. The number of ether oxygens (including phenoxy) is 2. The standard InChI is InChI=1S/C30H53N3O4/c1-27(2,3)22-16-21(17-23(18-22)28(4,5)6)19-31-20-24(33-26(35)37-30(10,11)12)14-13-15-32-25(34)36-29(7,8)9/h16-18,24,31H,13-15,19-20H2,1-12H3,(H,32,34)(H,33,35)/t24-/m0/s1. The van der Waals surface area contributed by atoms with Gasteiger partial charge in [0, 0.05) is 25.7 Å². The van der Waals surface area contributed by atoms with Gasteiger partial charge in [-0.3, -0.25) is 0 Å². The van der Waals surface area contributed by atoms with Gasteiger partial charge in [0.25, 0.3) is 0 Å². The second kappa shape index (κ2) is 13.0. The van der Waals surface area contributed by atoms with Gasteiger partial charge in [-0.25, -0.2) is 9.59 Å². The largest absolute Gasteiger partial charge is 0.444 e. The molecule has 7 heteroatoms. The van der Waals surface area contributed by atoms with E-state index in [9.17, 15) is 9.59 Å². The number of carbonyl (C=O) groups excluding carboxylic acids is 2. The lowest BCUT2D eigenvalue weighted by Gasteiger charge is -2.27. The Kier molecular flexibility index (Phi) is 11.5. The van der Waals surface area contributed by atoms with Crippen LogP contribution in [0.15, 0.2) is 18.2 Å². The molecule has 0 aliphatic heterocycles. The number of alkyl carbamates (subject to hydrolysis) is 2. The molecule has 0 saturated carbocycles. The zero-order valence-corrected chi connectivity index (χ0v) is 25.5. The molecule has 0 fully saturated rings. The molecule has 2 amide bonds. The topological polar surface area (TPSA) is 88.7 Å². The number of hydrogen-bond donors (Lipinski definition) is 3. The SMILES string of the molecule is CC(C)(C)OC(=O)NCCC[C@@H](CNCc1cc(C(C)(C)C)cc(C(C)(C)C)c1)NC(=O)OC(C)(C)C. The zero-order chi connectivity index (χ0) is 28.7. The van der Waals surface area contributed by atoms with Crippen molar-refractivity contribution in [3.63, 3.8) is 0 Å². The van der Waals surface area contributed by atoms with Crippen molar-refractivity contribution >= 4 is 12.2 Å². The molecule has 0 bridgehead atoms. The van der Waals surface area contributed by atoms with Crippen LogP contribution in [0.3, 0.4) is 0 Å². The highest BCUT2D eigenvalue weighted by atomic mass is 16.6. The van der Waals surface area contributed by atoms with E-state index >= 15 is 0 Å².